The van der Waals surface area contributed by atoms with E-state index in [1.165, 1.54) is 0 Å². The highest BCUT2D eigenvalue weighted by molar-refractivity contribution is 5.95. The Kier molecular flexibility index (Phi) is 5.58. The molecular formula is C20H23N5O3. The number of ether oxygens (including phenoxy) is 1. The maximum atomic E-state index is 11.4. The molecule has 1 aliphatic heterocycles. The summed E-state index contributed by atoms with van der Waals surface area (Å²) in [6.07, 6.45) is 0.450. The lowest BCUT2D eigenvalue weighted by molar-refractivity contribution is -0.118. The van der Waals surface area contributed by atoms with Gasteiger partial charge in [0.2, 0.25) is 11.7 Å². The quantitative estimate of drug-likeness (QED) is 0.734. The summed E-state index contributed by atoms with van der Waals surface area (Å²) in [6, 6.07) is 13.2. The minimum absolute atomic E-state index is 0.0584. The molecule has 0 radical (unpaired) electrons. The van der Waals surface area contributed by atoms with Gasteiger partial charge in [-0.1, -0.05) is 32.0 Å². The summed E-state index contributed by atoms with van der Waals surface area (Å²) in [5.41, 5.74) is 7.63. The minimum atomic E-state index is -0.603. The van der Waals surface area contributed by atoms with Crippen LogP contribution in [0.3, 0.4) is 0 Å². The molecule has 0 bridgehead atoms. The van der Waals surface area contributed by atoms with Crippen LogP contribution < -0.4 is 15.4 Å². The van der Waals surface area contributed by atoms with Crippen molar-refractivity contribution in [3.63, 3.8) is 0 Å². The monoisotopic (exact) mass is 381 g/mol. The third-order valence-corrected chi connectivity index (χ3v) is 4.38. The maximum absolute atomic E-state index is 11.4. The van der Waals surface area contributed by atoms with E-state index in [0.29, 0.717) is 24.6 Å². The standard InChI is InChI=1S/C10H12N4O.C10H11NO2/c1-6(2)7-4-3-5-8-12-10(9(11)15)13-14(7)8;1-11-8-4-2-3-5-9(8)13-7-6-10(11)12/h3-6H,1-2H3,(H2,11,15);2-5H,6-7H2,1H3. The van der Waals surface area contributed by atoms with Crippen molar-refractivity contribution in [1.29, 1.82) is 0 Å². The van der Waals surface area contributed by atoms with Gasteiger partial charge < -0.3 is 15.4 Å². The Morgan fingerprint density at radius 2 is 1.93 bits per heavy atom. The molecule has 8 nitrogen and oxygen atoms in total. The number of nitrogens with zero attached hydrogens (tertiary/aromatic N) is 4. The molecule has 1 aliphatic rings. The second-order valence-corrected chi connectivity index (χ2v) is 6.69. The van der Waals surface area contributed by atoms with Crippen LogP contribution in [-0.2, 0) is 4.79 Å². The first kappa shape index (κ1) is 19.3. The summed E-state index contributed by atoms with van der Waals surface area (Å²) in [7, 11) is 1.77. The fourth-order valence-corrected chi connectivity index (χ4v) is 2.87. The Bertz CT molecular complexity index is 1010. The molecule has 0 saturated carbocycles. The minimum Gasteiger partial charge on any atom is -0.491 e. The van der Waals surface area contributed by atoms with Gasteiger partial charge in [0.1, 0.15) is 5.75 Å². The highest BCUT2D eigenvalue weighted by Gasteiger charge is 2.18. The number of pyridine rings is 1. The van der Waals surface area contributed by atoms with Crippen LogP contribution in [0.1, 0.15) is 42.5 Å². The van der Waals surface area contributed by atoms with Crippen molar-refractivity contribution in [3.8, 4) is 5.75 Å². The Morgan fingerprint density at radius 1 is 1.18 bits per heavy atom. The second-order valence-electron chi connectivity index (χ2n) is 6.69. The van der Waals surface area contributed by atoms with Gasteiger partial charge in [-0.05, 0) is 30.2 Å². The van der Waals surface area contributed by atoms with Gasteiger partial charge in [0, 0.05) is 12.7 Å². The first-order chi connectivity index (χ1) is 13.4. The van der Waals surface area contributed by atoms with Crippen LogP contribution in [-0.4, -0.2) is 40.1 Å². The Morgan fingerprint density at radius 3 is 2.64 bits per heavy atom. The van der Waals surface area contributed by atoms with E-state index in [4.69, 9.17) is 10.5 Å². The molecule has 2 amide bonds. The predicted molar refractivity (Wildman–Crippen MR) is 106 cm³/mol. The molecule has 0 atom stereocenters. The van der Waals surface area contributed by atoms with Gasteiger partial charge in [0.05, 0.1) is 18.7 Å². The van der Waals surface area contributed by atoms with Crippen molar-refractivity contribution >= 4 is 23.1 Å². The van der Waals surface area contributed by atoms with Crippen molar-refractivity contribution in [2.75, 3.05) is 18.6 Å². The van der Waals surface area contributed by atoms with Gasteiger partial charge in [0.15, 0.2) is 5.65 Å². The smallest absolute Gasteiger partial charge is 0.288 e. The predicted octanol–water partition coefficient (Wildman–Crippen LogP) is 2.38. The first-order valence-electron chi connectivity index (χ1n) is 9.02. The van der Waals surface area contributed by atoms with E-state index in [2.05, 4.69) is 23.9 Å². The molecule has 0 fully saturated rings. The molecule has 1 aromatic carbocycles. The summed E-state index contributed by atoms with van der Waals surface area (Å²) < 4.78 is 7.08. The van der Waals surface area contributed by atoms with Gasteiger partial charge in [-0.25, -0.2) is 9.50 Å². The highest BCUT2D eigenvalue weighted by Crippen LogP contribution is 2.29. The molecule has 0 spiro atoms. The molecule has 28 heavy (non-hydrogen) atoms. The Labute approximate surface area is 162 Å². The zero-order valence-corrected chi connectivity index (χ0v) is 16.1. The molecule has 2 N–H and O–H groups in total. The van der Waals surface area contributed by atoms with Gasteiger partial charge >= 0.3 is 0 Å². The van der Waals surface area contributed by atoms with Crippen LogP contribution in [0.2, 0.25) is 0 Å². The average Bonchev–Trinajstić information content (AvgIpc) is 3.07. The molecule has 2 aromatic heterocycles. The number of nitrogens with two attached hydrogens (primary N) is 1. The zero-order chi connectivity index (χ0) is 20.3. The van der Waals surface area contributed by atoms with Gasteiger partial charge in [-0.15, -0.1) is 5.10 Å². The molecule has 0 unspecified atom stereocenters. The second kappa shape index (κ2) is 8.08. The SMILES string of the molecule is CC(C)c1cccc2nc(C(N)=O)nn12.CN1C(=O)CCOc2ccccc21. The summed E-state index contributed by atoms with van der Waals surface area (Å²) in [6.45, 7) is 4.58. The lowest BCUT2D eigenvalue weighted by atomic mass is 10.1. The summed E-state index contributed by atoms with van der Waals surface area (Å²) >= 11 is 0. The van der Waals surface area contributed by atoms with Crippen molar-refractivity contribution in [2.24, 2.45) is 5.73 Å². The average molecular weight is 381 g/mol. The maximum Gasteiger partial charge on any atom is 0.288 e. The molecule has 0 aliphatic carbocycles. The van der Waals surface area contributed by atoms with E-state index in [0.717, 1.165) is 17.1 Å². The number of benzene rings is 1. The lowest BCUT2D eigenvalue weighted by Gasteiger charge is -2.15. The van der Waals surface area contributed by atoms with E-state index in [-0.39, 0.29) is 11.7 Å². The molecular weight excluding hydrogens is 358 g/mol. The number of aromatic nitrogens is 3. The molecule has 146 valence electrons. The molecule has 3 aromatic rings. The highest BCUT2D eigenvalue weighted by atomic mass is 16.5. The largest absolute Gasteiger partial charge is 0.491 e. The van der Waals surface area contributed by atoms with Crippen LogP contribution in [0.5, 0.6) is 5.75 Å². The number of para-hydroxylation sites is 2. The third kappa shape index (κ3) is 3.95. The number of hydrogen-bond donors (Lipinski definition) is 1. The summed E-state index contributed by atoms with van der Waals surface area (Å²) in [5, 5.41) is 4.06. The van der Waals surface area contributed by atoms with Gasteiger partial charge in [-0.2, -0.15) is 0 Å². The normalized spacial score (nSPS) is 13.4. The van der Waals surface area contributed by atoms with Crippen LogP contribution in [0.4, 0.5) is 5.69 Å². The van der Waals surface area contributed by atoms with Crippen LogP contribution >= 0.6 is 0 Å². The summed E-state index contributed by atoms with van der Waals surface area (Å²) in [5.74, 6) is 0.661. The number of carbonyl (C=O) groups excluding carboxylic acids is 2. The number of anilines is 1. The number of fused-ring (bicyclic) bond motifs is 2. The number of primary amides is 1. The van der Waals surface area contributed by atoms with E-state index in [1.807, 2.05) is 36.4 Å². The van der Waals surface area contributed by atoms with Crippen molar-refractivity contribution in [2.45, 2.75) is 26.2 Å². The van der Waals surface area contributed by atoms with E-state index >= 15 is 0 Å². The number of hydrogen-bond acceptors (Lipinski definition) is 5. The van der Waals surface area contributed by atoms with Crippen LogP contribution in [0, 0.1) is 0 Å². The summed E-state index contributed by atoms with van der Waals surface area (Å²) in [4.78, 5) is 28.0. The Hall–Kier alpha value is -3.42. The van der Waals surface area contributed by atoms with E-state index in [9.17, 15) is 9.59 Å². The number of rotatable bonds is 2. The topological polar surface area (TPSA) is 103 Å². The number of amides is 2. The van der Waals surface area contributed by atoms with Gasteiger partial charge in [-0.3, -0.25) is 9.59 Å². The van der Waals surface area contributed by atoms with Crippen molar-refractivity contribution in [1.82, 2.24) is 14.6 Å². The molecule has 3 heterocycles. The Balaban J connectivity index is 0.000000162. The number of carbonyl (C=O) groups is 2. The first-order valence-corrected chi connectivity index (χ1v) is 9.02. The zero-order valence-electron chi connectivity index (χ0n) is 16.1. The van der Waals surface area contributed by atoms with Crippen LogP contribution in [0.25, 0.3) is 5.65 Å². The molecule has 4 rings (SSSR count). The van der Waals surface area contributed by atoms with Crippen molar-refractivity contribution in [3.05, 3.63) is 54.0 Å². The van der Waals surface area contributed by atoms with E-state index < -0.39 is 5.91 Å². The van der Waals surface area contributed by atoms with Gasteiger partial charge in [0.25, 0.3) is 5.91 Å². The van der Waals surface area contributed by atoms with Crippen LogP contribution in [0.15, 0.2) is 42.5 Å². The van der Waals surface area contributed by atoms with E-state index in [1.54, 1.807) is 22.5 Å². The third-order valence-electron chi connectivity index (χ3n) is 4.38. The molecule has 0 saturated heterocycles. The molecule has 8 heteroatoms. The fraction of sp³-hybridized carbons (Fsp3) is 0.300. The fourth-order valence-electron chi connectivity index (χ4n) is 2.87. The van der Waals surface area contributed by atoms with Crippen molar-refractivity contribution < 1.29 is 14.3 Å². The lowest BCUT2D eigenvalue weighted by Crippen LogP contribution is -2.24.